The minimum Gasteiger partial charge on any atom is -0.491 e. The van der Waals surface area contributed by atoms with Crippen molar-refractivity contribution in [2.45, 2.75) is 12.6 Å². The zero-order valence-corrected chi connectivity index (χ0v) is 12.2. The molecule has 0 saturated carbocycles. The summed E-state index contributed by atoms with van der Waals surface area (Å²) in [7, 11) is 0. The highest BCUT2D eigenvalue weighted by molar-refractivity contribution is 6.34. The van der Waals surface area contributed by atoms with Gasteiger partial charge in [0.25, 0.3) is 0 Å². The first-order chi connectivity index (χ1) is 9.94. The van der Waals surface area contributed by atoms with E-state index in [4.69, 9.17) is 27.9 Å². The van der Waals surface area contributed by atoms with Gasteiger partial charge >= 0.3 is 5.69 Å². The van der Waals surface area contributed by atoms with Crippen LogP contribution >= 0.6 is 23.2 Å². The fourth-order valence-electron chi connectivity index (χ4n) is 1.62. The number of nitro groups is 1. The number of ether oxygens (including phenoxy) is 1. The number of aliphatic hydroxyl groups is 1. The molecule has 7 nitrogen and oxygen atoms in total. The number of nitrogens with zero attached hydrogens (tertiary/aromatic N) is 3. The standard InChI is InChI=1S/C12H11Cl2N3O4/c13-8-1-9(14)3-12(2-8)21-7-11(18)6-16-5-10(4-15-16)17(19)20/h1-5,11,18H,6-7H2. The number of hydrogen-bond donors (Lipinski definition) is 1. The molecule has 2 rings (SSSR count). The highest BCUT2D eigenvalue weighted by Crippen LogP contribution is 2.24. The van der Waals surface area contributed by atoms with Crippen LogP contribution in [0, 0.1) is 10.1 Å². The van der Waals surface area contributed by atoms with E-state index in [1.165, 1.54) is 10.9 Å². The third-order valence-corrected chi connectivity index (χ3v) is 2.94. The molecule has 0 bridgehead atoms. The van der Waals surface area contributed by atoms with Crippen molar-refractivity contribution in [3.8, 4) is 5.75 Å². The summed E-state index contributed by atoms with van der Waals surface area (Å²) in [6.07, 6.45) is 1.46. The minimum atomic E-state index is -0.887. The average molecular weight is 332 g/mol. The lowest BCUT2D eigenvalue weighted by molar-refractivity contribution is -0.385. The largest absolute Gasteiger partial charge is 0.491 e. The number of rotatable bonds is 6. The molecule has 112 valence electrons. The molecule has 0 saturated heterocycles. The van der Waals surface area contributed by atoms with Gasteiger partial charge in [-0.15, -0.1) is 0 Å². The lowest BCUT2D eigenvalue weighted by atomic mass is 10.3. The molecular weight excluding hydrogens is 321 g/mol. The second-order valence-electron chi connectivity index (χ2n) is 4.25. The summed E-state index contributed by atoms with van der Waals surface area (Å²) in [5.74, 6) is 0.429. The van der Waals surface area contributed by atoms with Crippen LogP contribution in [0.5, 0.6) is 5.75 Å². The number of hydrogen-bond acceptors (Lipinski definition) is 5. The predicted molar refractivity (Wildman–Crippen MR) is 76.8 cm³/mol. The van der Waals surface area contributed by atoms with Gasteiger partial charge in [-0.2, -0.15) is 5.10 Å². The second kappa shape index (κ2) is 6.75. The number of benzene rings is 1. The van der Waals surface area contributed by atoms with Gasteiger partial charge in [0.1, 0.15) is 30.9 Å². The van der Waals surface area contributed by atoms with E-state index in [2.05, 4.69) is 5.10 Å². The molecule has 1 N–H and O–H groups in total. The van der Waals surface area contributed by atoms with Gasteiger partial charge in [0, 0.05) is 10.0 Å². The summed E-state index contributed by atoms with van der Waals surface area (Å²) >= 11 is 11.6. The van der Waals surface area contributed by atoms with E-state index in [-0.39, 0.29) is 18.8 Å². The smallest absolute Gasteiger partial charge is 0.306 e. The Balaban J connectivity index is 1.89. The molecule has 1 aromatic carbocycles. The maximum Gasteiger partial charge on any atom is 0.306 e. The molecule has 1 aromatic heterocycles. The van der Waals surface area contributed by atoms with Crippen molar-refractivity contribution in [2.75, 3.05) is 6.61 Å². The third kappa shape index (κ3) is 4.59. The zero-order valence-electron chi connectivity index (χ0n) is 10.6. The Morgan fingerprint density at radius 3 is 2.62 bits per heavy atom. The number of aliphatic hydroxyl groups excluding tert-OH is 1. The Hall–Kier alpha value is -1.83. The quantitative estimate of drug-likeness (QED) is 0.648. The van der Waals surface area contributed by atoms with E-state index < -0.39 is 11.0 Å². The Labute approximate surface area is 129 Å². The lowest BCUT2D eigenvalue weighted by Gasteiger charge is -2.12. The van der Waals surface area contributed by atoms with E-state index in [0.717, 1.165) is 6.20 Å². The monoisotopic (exact) mass is 331 g/mol. The molecule has 0 fully saturated rings. The van der Waals surface area contributed by atoms with Crippen molar-refractivity contribution in [2.24, 2.45) is 0 Å². The molecule has 21 heavy (non-hydrogen) atoms. The van der Waals surface area contributed by atoms with Crippen LogP contribution in [0.25, 0.3) is 0 Å². The van der Waals surface area contributed by atoms with E-state index >= 15 is 0 Å². The van der Waals surface area contributed by atoms with Gasteiger partial charge in [-0.05, 0) is 18.2 Å². The van der Waals surface area contributed by atoms with Crippen molar-refractivity contribution in [1.82, 2.24) is 9.78 Å². The van der Waals surface area contributed by atoms with Crippen LogP contribution in [0.1, 0.15) is 0 Å². The molecule has 1 unspecified atom stereocenters. The lowest BCUT2D eigenvalue weighted by Crippen LogP contribution is -2.23. The summed E-state index contributed by atoms with van der Waals surface area (Å²) in [6, 6.07) is 4.70. The summed E-state index contributed by atoms with van der Waals surface area (Å²) in [5, 5.41) is 25.0. The second-order valence-corrected chi connectivity index (χ2v) is 5.12. The van der Waals surface area contributed by atoms with Crippen LogP contribution in [0.3, 0.4) is 0 Å². The van der Waals surface area contributed by atoms with Crippen molar-refractivity contribution in [3.63, 3.8) is 0 Å². The molecular formula is C12H11Cl2N3O4. The van der Waals surface area contributed by atoms with Crippen LogP contribution in [0.2, 0.25) is 10.0 Å². The fraction of sp³-hybridized carbons (Fsp3) is 0.250. The summed E-state index contributed by atoms with van der Waals surface area (Å²) in [4.78, 5) is 9.96. The highest BCUT2D eigenvalue weighted by atomic mass is 35.5. The molecule has 0 aliphatic rings. The molecule has 9 heteroatoms. The van der Waals surface area contributed by atoms with Gasteiger partial charge in [0.2, 0.25) is 0 Å². The summed E-state index contributed by atoms with van der Waals surface area (Å²) in [6.45, 7) is 0.0481. The van der Waals surface area contributed by atoms with Crippen LogP contribution in [-0.2, 0) is 6.54 Å². The van der Waals surface area contributed by atoms with Gasteiger partial charge in [-0.25, -0.2) is 0 Å². The normalized spacial score (nSPS) is 12.1. The Morgan fingerprint density at radius 2 is 2.05 bits per heavy atom. The SMILES string of the molecule is O=[N+]([O-])c1cnn(CC(O)COc2cc(Cl)cc(Cl)c2)c1. The molecule has 0 amide bonds. The first kappa shape index (κ1) is 15.6. The summed E-state index contributed by atoms with van der Waals surface area (Å²) in [5.41, 5.74) is -0.134. The maximum absolute atomic E-state index is 10.5. The Morgan fingerprint density at radius 1 is 1.38 bits per heavy atom. The molecule has 0 radical (unpaired) electrons. The van der Waals surface area contributed by atoms with Gasteiger partial charge in [-0.1, -0.05) is 23.2 Å². The molecule has 0 aliphatic carbocycles. The van der Waals surface area contributed by atoms with Gasteiger partial charge in [-0.3, -0.25) is 14.8 Å². The van der Waals surface area contributed by atoms with Gasteiger partial charge < -0.3 is 9.84 Å². The van der Waals surface area contributed by atoms with Crippen LogP contribution < -0.4 is 4.74 Å². The Kier molecular flexibility index (Phi) is 5.00. The van der Waals surface area contributed by atoms with Crippen molar-refractivity contribution in [1.29, 1.82) is 0 Å². The van der Waals surface area contributed by atoms with E-state index in [9.17, 15) is 15.2 Å². The number of aromatic nitrogens is 2. The molecule has 1 atom stereocenters. The van der Waals surface area contributed by atoms with Gasteiger partial charge in [0.15, 0.2) is 0 Å². The fourth-order valence-corrected chi connectivity index (χ4v) is 2.13. The number of halogens is 2. The van der Waals surface area contributed by atoms with Crippen LogP contribution in [0.15, 0.2) is 30.6 Å². The van der Waals surface area contributed by atoms with E-state index in [0.29, 0.717) is 15.8 Å². The summed E-state index contributed by atoms with van der Waals surface area (Å²) < 4.78 is 6.64. The van der Waals surface area contributed by atoms with Crippen molar-refractivity contribution < 1.29 is 14.8 Å². The minimum absolute atomic E-state index is 0.0235. The average Bonchev–Trinajstić information content (AvgIpc) is 2.84. The third-order valence-electron chi connectivity index (χ3n) is 2.51. The van der Waals surface area contributed by atoms with Crippen LogP contribution in [-0.4, -0.2) is 32.5 Å². The zero-order chi connectivity index (χ0) is 15.4. The molecule has 1 heterocycles. The molecule has 2 aromatic rings. The first-order valence-electron chi connectivity index (χ1n) is 5.88. The van der Waals surface area contributed by atoms with Crippen LogP contribution in [0.4, 0.5) is 5.69 Å². The van der Waals surface area contributed by atoms with E-state index in [1.54, 1.807) is 18.2 Å². The molecule has 0 aliphatic heterocycles. The Bertz CT molecular complexity index is 627. The predicted octanol–water partition coefficient (Wildman–Crippen LogP) is 2.54. The van der Waals surface area contributed by atoms with Gasteiger partial charge in [0.05, 0.1) is 11.5 Å². The molecule has 0 spiro atoms. The van der Waals surface area contributed by atoms with E-state index in [1.807, 2.05) is 0 Å². The first-order valence-corrected chi connectivity index (χ1v) is 6.63. The highest BCUT2D eigenvalue weighted by Gasteiger charge is 2.12. The topological polar surface area (TPSA) is 90.4 Å². The van der Waals surface area contributed by atoms with Crippen molar-refractivity contribution >= 4 is 28.9 Å². The van der Waals surface area contributed by atoms with Crippen molar-refractivity contribution in [3.05, 3.63) is 50.8 Å². The maximum atomic E-state index is 10.5.